The van der Waals surface area contributed by atoms with Gasteiger partial charge in [-0.05, 0) is 52.2 Å². The third-order valence-corrected chi connectivity index (χ3v) is 8.08. The summed E-state index contributed by atoms with van der Waals surface area (Å²) in [6, 6.07) is 13.5. The first-order valence-corrected chi connectivity index (χ1v) is 15.9. The maximum Gasteiger partial charge on any atom is 0.410 e. The van der Waals surface area contributed by atoms with Gasteiger partial charge in [0.2, 0.25) is 5.88 Å². The number of carbonyl (C=O) groups is 1. The SMILES string of the molecule is CC(C)(C)OC(=O)N1CCN(CCOc2cc(Cl)c(C=Nc3c(NCc4ccccc4)ncnc3OC3(C)CC3)cc2Cl)CC1. The van der Waals surface area contributed by atoms with Crippen molar-refractivity contribution in [2.45, 2.75) is 58.3 Å². The van der Waals surface area contributed by atoms with Crippen molar-refractivity contribution in [2.24, 2.45) is 4.99 Å². The van der Waals surface area contributed by atoms with Gasteiger partial charge in [0, 0.05) is 57.1 Å². The average Bonchev–Trinajstić information content (AvgIpc) is 3.73. The molecule has 0 bridgehead atoms. The Hall–Kier alpha value is -3.60. The molecule has 0 radical (unpaired) electrons. The van der Waals surface area contributed by atoms with Gasteiger partial charge in [-0.15, -0.1) is 0 Å². The molecule has 240 valence electrons. The second-order valence-corrected chi connectivity index (χ2v) is 13.3. The van der Waals surface area contributed by atoms with Crippen molar-refractivity contribution in [3.8, 4) is 11.6 Å². The molecule has 1 amide bonds. The zero-order chi connectivity index (χ0) is 32.0. The van der Waals surface area contributed by atoms with Crippen LogP contribution in [0.2, 0.25) is 10.0 Å². The third kappa shape index (κ3) is 9.45. The number of piperazine rings is 1. The molecule has 1 N–H and O–H groups in total. The van der Waals surface area contributed by atoms with Gasteiger partial charge < -0.3 is 24.4 Å². The zero-order valence-electron chi connectivity index (χ0n) is 26.2. The summed E-state index contributed by atoms with van der Waals surface area (Å²) in [6.07, 6.45) is 4.75. The predicted molar refractivity (Wildman–Crippen MR) is 178 cm³/mol. The molecule has 5 rings (SSSR count). The molecule has 1 aromatic heterocycles. The van der Waals surface area contributed by atoms with Crippen LogP contribution >= 0.6 is 23.2 Å². The number of hydrogen-bond acceptors (Lipinski definition) is 9. The number of hydrogen-bond donors (Lipinski definition) is 1. The van der Waals surface area contributed by atoms with Gasteiger partial charge >= 0.3 is 6.09 Å². The molecule has 2 aromatic carbocycles. The number of aromatic nitrogens is 2. The van der Waals surface area contributed by atoms with Crippen LogP contribution < -0.4 is 14.8 Å². The Kier molecular flexibility index (Phi) is 10.4. The molecule has 1 aliphatic carbocycles. The van der Waals surface area contributed by atoms with E-state index in [1.54, 1.807) is 23.2 Å². The van der Waals surface area contributed by atoms with E-state index in [0.29, 0.717) is 71.5 Å². The third-order valence-electron chi connectivity index (χ3n) is 7.46. The summed E-state index contributed by atoms with van der Waals surface area (Å²) in [4.78, 5) is 29.9. The number of halogens is 2. The van der Waals surface area contributed by atoms with E-state index in [1.807, 2.05) is 51.1 Å². The summed E-state index contributed by atoms with van der Waals surface area (Å²) in [5, 5.41) is 4.22. The van der Waals surface area contributed by atoms with Crippen LogP contribution in [0, 0.1) is 0 Å². The van der Waals surface area contributed by atoms with Crippen LogP contribution in [0.25, 0.3) is 0 Å². The molecule has 45 heavy (non-hydrogen) atoms. The minimum Gasteiger partial charge on any atom is -0.491 e. The Morgan fingerprint density at radius 3 is 2.49 bits per heavy atom. The first-order chi connectivity index (χ1) is 21.5. The van der Waals surface area contributed by atoms with Gasteiger partial charge in [-0.1, -0.05) is 53.5 Å². The number of benzene rings is 2. The van der Waals surface area contributed by atoms with Crippen LogP contribution in [-0.4, -0.2) is 82.6 Å². The van der Waals surface area contributed by atoms with Crippen LogP contribution in [0.4, 0.5) is 16.3 Å². The highest BCUT2D eigenvalue weighted by Crippen LogP contribution is 2.43. The van der Waals surface area contributed by atoms with E-state index in [2.05, 4.69) is 27.1 Å². The molecule has 1 saturated carbocycles. The topological polar surface area (TPSA) is 101 Å². The zero-order valence-corrected chi connectivity index (χ0v) is 27.7. The van der Waals surface area contributed by atoms with E-state index in [-0.39, 0.29) is 11.7 Å². The Morgan fingerprint density at radius 1 is 1.07 bits per heavy atom. The van der Waals surface area contributed by atoms with Crippen molar-refractivity contribution in [2.75, 3.05) is 44.6 Å². The van der Waals surface area contributed by atoms with Crippen molar-refractivity contribution in [3.63, 3.8) is 0 Å². The van der Waals surface area contributed by atoms with Crippen LogP contribution in [-0.2, 0) is 11.3 Å². The van der Waals surface area contributed by atoms with E-state index in [4.69, 9.17) is 42.4 Å². The Morgan fingerprint density at radius 2 is 1.80 bits per heavy atom. The lowest BCUT2D eigenvalue weighted by Gasteiger charge is -2.35. The number of nitrogens with zero attached hydrogens (tertiary/aromatic N) is 5. The number of anilines is 1. The second kappa shape index (κ2) is 14.2. The van der Waals surface area contributed by atoms with E-state index in [0.717, 1.165) is 31.5 Å². The van der Waals surface area contributed by atoms with Crippen molar-refractivity contribution in [1.82, 2.24) is 19.8 Å². The number of carbonyl (C=O) groups excluding carboxylic acids is 1. The Balaban J connectivity index is 1.21. The van der Waals surface area contributed by atoms with Gasteiger partial charge in [0.05, 0.1) is 10.0 Å². The molecule has 2 heterocycles. The number of rotatable bonds is 11. The molecule has 10 nitrogen and oxygen atoms in total. The van der Waals surface area contributed by atoms with E-state index in [9.17, 15) is 4.79 Å². The summed E-state index contributed by atoms with van der Waals surface area (Å²) in [5.74, 6) is 1.45. The average molecular weight is 656 g/mol. The highest BCUT2D eigenvalue weighted by Gasteiger charge is 2.41. The number of aliphatic imine (C=N–C) groups is 1. The quantitative estimate of drug-likeness (QED) is 0.220. The molecule has 12 heteroatoms. The van der Waals surface area contributed by atoms with E-state index >= 15 is 0 Å². The maximum atomic E-state index is 12.3. The maximum absolute atomic E-state index is 12.3. The molecule has 0 atom stereocenters. The Labute approximate surface area is 274 Å². The highest BCUT2D eigenvalue weighted by molar-refractivity contribution is 6.36. The fourth-order valence-corrected chi connectivity index (χ4v) is 5.06. The number of nitrogens with one attached hydrogen (secondary N) is 1. The normalized spacial score (nSPS) is 16.4. The number of ether oxygens (including phenoxy) is 3. The summed E-state index contributed by atoms with van der Waals surface area (Å²) >= 11 is 13.3. The first kappa shape index (κ1) is 32.8. The lowest BCUT2D eigenvalue weighted by atomic mass is 10.2. The van der Waals surface area contributed by atoms with Gasteiger partial charge in [-0.25, -0.2) is 14.8 Å². The molecule has 1 saturated heterocycles. The van der Waals surface area contributed by atoms with Crippen molar-refractivity contribution >= 4 is 47.0 Å². The monoisotopic (exact) mass is 654 g/mol. The first-order valence-electron chi connectivity index (χ1n) is 15.2. The van der Waals surface area contributed by atoms with Gasteiger partial charge in [-0.3, -0.25) is 4.90 Å². The summed E-state index contributed by atoms with van der Waals surface area (Å²) in [5.41, 5.74) is 1.46. The minimum absolute atomic E-state index is 0.249. The fraction of sp³-hybridized carbons (Fsp3) is 0.455. The molecular weight excluding hydrogens is 615 g/mol. The van der Waals surface area contributed by atoms with E-state index < -0.39 is 5.60 Å². The van der Waals surface area contributed by atoms with Crippen molar-refractivity contribution in [1.29, 1.82) is 0 Å². The molecule has 1 aliphatic heterocycles. The van der Waals surface area contributed by atoms with Crippen LogP contribution in [0.15, 0.2) is 53.8 Å². The predicted octanol–water partition coefficient (Wildman–Crippen LogP) is 7.01. The molecule has 2 fully saturated rings. The molecular formula is C33H40Cl2N6O4. The summed E-state index contributed by atoms with van der Waals surface area (Å²) in [6.45, 7) is 12.0. The largest absolute Gasteiger partial charge is 0.491 e. The molecule has 3 aromatic rings. The summed E-state index contributed by atoms with van der Waals surface area (Å²) < 4.78 is 17.7. The van der Waals surface area contributed by atoms with Gasteiger partial charge in [0.15, 0.2) is 11.5 Å². The van der Waals surface area contributed by atoms with Gasteiger partial charge in [0.25, 0.3) is 0 Å². The van der Waals surface area contributed by atoms with Crippen LogP contribution in [0.3, 0.4) is 0 Å². The molecule has 0 unspecified atom stereocenters. The van der Waals surface area contributed by atoms with Crippen molar-refractivity contribution in [3.05, 3.63) is 70.0 Å². The van der Waals surface area contributed by atoms with Crippen LogP contribution in [0.5, 0.6) is 11.6 Å². The molecule has 0 spiro atoms. The van der Waals surface area contributed by atoms with Gasteiger partial charge in [0.1, 0.15) is 29.9 Å². The van der Waals surface area contributed by atoms with Crippen LogP contribution in [0.1, 0.15) is 51.7 Å². The smallest absolute Gasteiger partial charge is 0.410 e. The molecule has 2 aliphatic rings. The van der Waals surface area contributed by atoms with Gasteiger partial charge in [-0.2, -0.15) is 4.98 Å². The minimum atomic E-state index is -0.505. The number of amides is 1. The lowest BCUT2D eigenvalue weighted by Crippen LogP contribution is -2.50. The lowest BCUT2D eigenvalue weighted by molar-refractivity contribution is 0.0137. The summed E-state index contributed by atoms with van der Waals surface area (Å²) in [7, 11) is 0. The van der Waals surface area contributed by atoms with E-state index in [1.165, 1.54) is 6.33 Å². The second-order valence-electron chi connectivity index (χ2n) is 12.5. The fourth-order valence-electron chi connectivity index (χ4n) is 4.63. The van der Waals surface area contributed by atoms with Crippen molar-refractivity contribution < 1.29 is 19.0 Å². The highest BCUT2D eigenvalue weighted by atomic mass is 35.5. The Bertz CT molecular complexity index is 1500. The standard InChI is InChI=1S/C33H40Cl2N6O4/c1-32(2,3)45-31(42)41-14-12-40(13-15-41)16-17-43-27-19-25(34)24(18-26(27)35)21-36-28-29(37-20-23-8-6-5-7-9-23)38-22-39-30(28)44-33(4)10-11-33/h5-9,18-19,21-22H,10-17,20H2,1-4H3,(H,37,38,39).